The van der Waals surface area contributed by atoms with Crippen molar-refractivity contribution in [3.05, 3.63) is 47.7 Å². The van der Waals surface area contributed by atoms with Gasteiger partial charge in [0, 0.05) is 16.8 Å². The van der Waals surface area contributed by atoms with Crippen LogP contribution in [0.25, 0.3) is 11.3 Å². The maximum absolute atomic E-state index is 10.7. The van der Waals surface area contributed by atoms with E-state index < -0.39 is 6.10 Å². The number of hydrogen-bond acceptors (Lipinski definition) is 3. The van der Waals surface area contributed by atoms with Crippen LogP contribution in [0.2, 0.25) is 0 Å². The highest BCUT2D eigenvalue weighted by Gasteiger charge is 2.37. The Kier molecular flexibility index (Phi) is 5.33. The Bertz CT molecular complexity index is 689. The summed E-state index contributed by atoms with van der Waals surface area (Å²) < 4.78 is 5.28. The first-order chi connectivity index (χ1) is 10.6. The molecule has 23 heavy (non-hydrogen) atoms. The third-order valence-corrected chi connectivity index (χ3v) is 5.07. The van der Waals surface area contributed by atoms with Gasteiger partial charge in [0.2, 0.25) is 0 Å². The Morgan fingerprint density at radius 3 is 2.78 bits per heavy atom. The predicted octanol–water partition coefficient (Wildman–Crippen LogP) is 4.57. The zero-order valence-corrected chi connectivity index (χ0v) is 14.7. The minimum atomic E-state index is -0.423. The molecule has 3 nitrogen and oxygen atoms in total. The van der Waals surface area contributed by atoms with Crippen LogP contribution in [0.1, 0.15) is 44.1 Å². The third kappa shape index (κ3) is 3.22. The van der Waals surface area contributed by atoms with Crippen LogP contribution in [0.15, 0.2) is 36.4 Å². The van der Waals surface area contributed by atoms with Gasteiger partial charge in [-0.1, -0.05) is 32.0 Å². The number of hydrogen-bond donors (Lipinski definition) is 1. The average Bonchev–Trinajstić information content (AvgIpc) is 2.58. The lowest BCUT2D eigenvalue weighted by molar-refractivity contribution is 0.0165. The van der Waals surface area contributed by atoms with E-state index in [0.717, 1.165) is 47.5 Å². The van der Waals surface area contributed by atoms with E-state index in [9.17, 15) is 5.11 Å². The molecule has 124 valence electrons. The van der Waals surface area contributed by atoms with Gasteiger partial charge in [0.05, 0.1) is 18.9 Å². The first-order valence-electron chi connectivity index (χ1n) is 7.89. The molecule has 0 amide bonds. The van der Waals surface area contributed by atoms with E-state index in [-0.39, 0.29) is 17.8 Å². The molecule has 1 aliphatic carbocycles. The van der Waals surface area contributed by atoms with Gasteiger partial charge in [-0.2, -0.15) is 0 Å². The summed E-state index contributed by atoms with van der Waals surface area (Å²) in [6, 6.07) is 12.0. The van der Waals surface area contributed by atoms with E-state index >= 15 is 0 Å². The molecule has 1 aromatic heterocycles. The smallest absolute Gasteiger partial charge is 0.119 e. The number of aliphatic hydroxyl groups is 1. The lowest BCUT2D eigenvalue weighted by Crippen LogP contribution is -2.31. The summed E-state index contributed by atoms with van der Waals surface area (Å²) in [5, 5.41) is 10.7. The molecule has 0 aliphatic heterocycles. The maximum atomic E-state index is 10.7. The van der Waals surface area contributed by atoms with Gasteiger partial charge >= 0.3 is 0 Å². The SMILES string of the molecule is CCC1(C)CCc2nc(-c3cccc(OC)c3)ccc2C1O.Cl. The molecule has 2 unspecified atom stereocenters. The Morgan fingerprint density at radius 1 is 1.30 bits per heavy atom. The van der Waals surface area contributed by atoms with Gasteiger partial charge in [-0.15, -0.1) is 12.4 Å². The van der Waals surface area contributed by atoms with Crippen molar-refractivity contribution in [3.63, 3.8) is 0 Å². The Hall–Kier alpha value is -1.58. The molecule has 2 atom stereocenters. The number of pyridine rings is 1. The largest absolute Gasteiger partial charge is 0.497 e. The molecule has 2 aromatic rings. The number of aromatic nitrogens is 1. The van der Waals surface area contributed by atoms with Crippen LogP contribution < -0.4 is 4.74 Å². The highest BCUT2D eigenvalue weighted by atomic mass is 35.5. The quantitative estimate of drug-likeness (QED) is 0.894. The minimum absolute atomic E-state index is 0. The number of fused-ring (bicyclic) bond motifs is 1. The van der Waals surface area contributed by atoms with E-state index in [0.29, 0.717) is 0 Å². The molecule has 3 rings (SSSR count). The lowest BCUT2D eigenvalue weighted by atomic mass is 9.70. The second-order valence-corrected chi connectivity index (χ2v) is 6.37. The number of rotatable bonds is 3. The zero-order chi connectivity index (χ0) is 15.7. The number of methoxy groups -OCH3 is 1. The van der Waals surface area contributed by atoms with Crippen LogP contribution in [0.4, 0.5) is 0 Å². The summed E-state index contributed by atoms with van der Waals surface area (Å²) in [5.41, 5.74) is 3.96. The van der Waals surface area contributed by atoms with Crippen molar-refractivity contribution >= 4 is 12.4 Å². The number of aryl methyl sites for hydroxylation is 1. The van der Waals surface area contributed by atoms with Gasteiger partial charge in [0.15, 0.2) is 0 Å². The topological polar surface area (TPSA) is 42.4 Å². The molecule has 1 N–H and O–H groups in total. The summed E-state index contributed by atoms with van der Waals surface area (Å²) >= 11 is 0. The van der Waals surface area contributed by atoms with E-state index in [1.54, 1.807) is 7.11 Å². The number of benzene rings is 1. The molecule has 0 bridgehead atoms. The first-order valence-corrected chi connectivity index (χ1v) is 7.89. The van der Waals surface area contributed by atoms with Crippen molar-refractivity contribution in [3.8, 4) is 17.0 Å². The summed E-state index contributed by atoms with van der Waals surface area (Å²) in [7, 11) is 1.67. The standard InChI is InChI=1S/C19H23NO2.ClH/c1-4-19(2)11-10-17-15(18(19)21)8-9-16(20-17)13-6-5-7-14(12-13)22-3;/h5-9,12,18,21H,4,10-11H2,1-3H3;1H. The van der Waals surface area contributed by atoms with Gasteiger partial charge in [0.25, 0.3) is 0 Å². The van der Waals surface area contributed by atoms with Crippen LogP contribution >= 0.6 is 12.4 Å². The highest BCUT2D eigenvalue weighted by Crippen LogP contribution is 2.45. The summed E-state index contributed by atoms with van der Waals surface area (Å²) in [5.74, 6) is 0.829. The molecular weight excluding hydrogens is 310 g/mol. The van der Waals surface area contributed by atoms with Crippen molar-refractivity contribution in [2.75, 3.05) is 7.11 Å². The van der Waals surface area contributed by atoms with E-state index in [1.165, 1.54) is 0 Å². The number of ether oxygens (including phenoxy) is 1. The molecule has 0 saturated heterocycles. The second-order valence-electron chi connectivity index (χ2n) is 6.37. The fraction of sp³-hybridized carbons (Fsp3) is 0.421. The third-order valence-electron chi connectivity index (χ3n) is 5.07. The number of nitrogens with zero attached hydrogens (tertiary/aromatic N) is 1. The fourth-order valence-electron chi connectivity index (χ4n) is 3.19. The Balaban J connectivity index is 0.00000192. The number of halogens is 1. The predicted molar refractivity (Wildman–Crippen MR) is 95.2 cm³/mol. The zero-order valence-electron chi connectivity index (χ0n) is 13.9. The van der Waals surface area contributed by atoms with Gasteiger partial charge in [-0.3, -0.25) is 4.98 Å². The van der Waals surface area contributed by atoms with Crippen molar-refractivity contribution in [2.24, 2.45) is 5.41 Å². The van der Waals surface area contributed by atoms with Gasteiger partial charge in [-0.05, 0) is 42.9 Å². The molecular formula is C19H24ClNO2. The maximum Gasteiger partial charge on any atom is 0.119 e. The molecule has 1 heterocycles. The normalized spacial score (nSPS) is 22.9. The monoisotopic (exact) mass is 333 g/mol. The molecule has 0 saturated carbocycles. The highest BCUT2D eigenvalue weighted by molar-refractivity contribution is 5.85. The van der Waals surface area contributed by atoms with Gasteiger partial charge in [-0.25, -0.2) is 0 Å². The fourth-order valence-corrected chi connectivity index (χ4v) is 3.19. The molecule has 0 fully saturated rings. The van der Waals surface area contributed by atoms with Crippen molar-refractivity contribution in [1.82, 2.24) is 4.98 Å². The summed E-state index contributed by atoms with van der Waals surface area (Å²) in [6.45, 7) is 4.31. The molecule has 1 aliphatic rings. The van der Waals surface area contributed by atoms with Crippen molar-refractivity contribution in [1.29, 1.82) is 0 Å². The Labute approximate surface area is 144 Å². The van der Waals surface area contributed by atoms with E-state index in [4.69, 9.17) is 9.72 Å². The summed E-state index contributed by atoms with van der Waals surface area (Å²) in [4.78, 5) is 4.79. The number of aliphatic hydroxyl groups excluding tert-OH is 1. The van der Waals surface area contributed by atoms with E-state index in [1.807, 2.05) is 36.4 Å². The van der Waals surface area contributed by atoms with Crippen LogP contribution in [0.5, 0.6) is 5.75 Å². The van der Waals surface area contributed by atoms with E-state index in [2.05, 4.69) is 13.8 Å². The molecule has 4 heteroatoms. The molecule has 0 radical (unpaired) electrons. The lowest BCUT2D eigenvalue weighted by Gasteiger charge is -2.38. The van der Waals surface area contributed by atoms with Crippen LogP contribution in [-0.2, 0) is 6.42 Å². The molecule has 0 spiro atoms. The Morgan fingerprint density at radius 2 is 2.09 bits per heavy atom. The van der Waals surface area contributed by atoms with Gasteiger partial charge < -0.3 is 9.84 Å². The minimum Gasteiger partial charge on any atom is -0.497 e. The van der Waals surface area contributed by atoms with Gasteiger partial charge in [0.1, 0.15) is 5.75 Å². The summed E-state index contributed by atoms with van der Waals surface area (Å²) in [6.07, 6.45) is 2.46. The van der Waals surface area contributed by atoms with Crippen LogP contribution in [-0.4, -0.2) is 17.2 Å². The van der Waals surface area contributed by atoms with Crippen LogP contribution in [0.3, 0.4) is 0 Å². The second kappa shape index (κ2) is 6.90. The first kappa shape index (κ1) is 17.8. The van der Waals surface area contributed by atoms with Crippen molar-refractivity contribution < 1.29 is 9.84 Å². The molecule has 1 aromatic carbocycles. The average molecular weight is 334 g/mol. The van der Waals surface area contributed by atoms with Crippen LogP contribution in [0, 0.1) is 5.41 Å². The van der Waals surface area contributed by atoms with Crippen molar-refractivity contribution in [2.45, 2.75) is 39.2 Å².